The molecule has 2 aromatic rings. The molecule has 118 valence electrons. The summed E-state index contributed by atoms with van der Waals surface area (Å²) in [7, 11) is 0. The van der Waals surface area contributed by atoms with Crippen molar-refractivity contribution >= 4 is 22.8 Å². The molecule has 0 radical (unpaired) electrons. The van der Waals surface area contributed by atoms with Gasteiger partial charge in [-0.3, -0.25) is 0 Å². The van der Waals surface area contributed by atoms with Gasteiger partial charge in [0.25, 0.3) is 0 Å². The molecule has 22 heavy (non-hydrogen) atoms. The van der Waals surface area contributed by atoms with E-state index in [2.05, 4.69) is 15.3 Å². The van der Waals surface area contributed by atoms with Crippen molar-refractivity contribution in [1.82, 2.24) is 14.9 Å². The van der Waals surface area contributed by atoms with Gasteiger partial charge in [0.15, 0.2) is 0 Å². The van der Waals surface area contributed by atoms with Crippen LogP contribution in [0.5, 0.6) is 0 Å². The summed E-state index contributed by atoms with van der Waals surface area (Å²) in [5, 5.41) is 2.94. The van der Waals surface area contributed by atoms with Crippen LogP contribution in [0.2, 0.25) is 0 Å². The zero-order valence-electron chi connectivity index (χ0n) is 14.2. The lowest BCUT2D eigenvalue weighted by Crippen LogP contribution is -2.47. The van der Waals surface area contributed by atoms with Crippen LogP contribution in [-0.2, 0) is 0 Å². The normalized spacial score (nSPS) is 11.5. The Kier molecular flexibility index (Phi) is 4.35. The molecule has 0 saturated carbocycles. The first kappa shape index (κ1) is 16.2. The predicted molar refractivity (Wildman–Crippen MR) is 90.2 cm³/mol. The van der Waals surface area contributed by atoms with E-state index in [0.717, 1.165) is 28.1 Å². The molecule has 0 saturated heterocycles. The number of nitrogens with one attached hydrogen (secondary N) is 1. The first-order chi connectivity index (χ1) is 10.2. The Morgan fingerprint density at radius 1 is 1.14 bits per heavy atom. The summed E-state index contributed by atoms with van der Waals surface area (Å²) >= 11 is 0. The molecule has 1 aromatic heterocycles. The molecule has 0 bridgehead atoms. The quantitative estimate of drug-likeness (QED) is 0.915. The molecule has 0 spiro atoms. The van der Waals surface area contributed by atoms with Gasteiger partial charge in [-0.2, -0.15) is 0 Å². The Morgan fingerprint density at radius 3 is 2.27 bits per heavy atom. The summed E-state index contributed by atoms with van der Waals surface area (Å²) in [6, 6.07) is 5.51. The molecular weight excluding hydrogens is 276 g/mol. The molecule has 2 rings (SSSR count). The largest absolute Gasteiger partial charge is 0.322 e. The smallest absolute Gasteiger partial charge is 0.320 e. The molecule has 1 aromatic carbocycles. The molecule has 5 nitrogen and oxygen atoms in total. The van der Waals surface area contributed by atoms with E-state index in [-0.39, 0.29) is 11.6 Å². The first-order valence-electron chi connectivity index (χ1n) is 7.56. The summed E-state index contributed by atoms with van der Waals surface area (Å²) in [6.07, 6.45) is 0. The van der Waals surface area contributed by atoms with Crippen LogP contribution in [-0.4, -0.2) is 33.0 Å². The minimum atomic E-state index is -0.219. The zero-order chi connectivity index (χ0) is 16.5. The van der Waals surface area contributed by atoms with E-state index < -0.39 is 0 Å². The van der Waals surface area contributed by atoms with Gasteiger partial charge in [-0.05, 0) is 59.7 Å². The number of anilines is 1. The number of amides is 2. The standard InChI is InChI=1S/C17H24N4O/c1-7-21(17(4,5)6)16(22)20-13-8-9-14-15(10-13)19-12(3)11(2)18-14/h8-10H,7H2,1-6H3,(H,20,22). The highest BCUT2D eigenvalue weighted by molar-refractivity contribution is 5.92. The highest BCUT2D eigenvalue weighted by Gasteiger charge is 2.24. The van der Waals surface area contributed by atoms with Gasteiger partial charge in [-0.1, -0.05) is 0 Å². The topological polar surface area (TPSA) is 58.1 Å². The number of hydrogen-bond donors (Lipinski definition) is 1. The van der Waals surface area contributed by atoms with E-state index in [0.29, 0.717) is 6.54 Å². The third-order valence-corrected chi connectivity index (χ3v) is 3.70. The second kappa shape index (κ2) is 5.91. The van der Waals surface area contributed by atoms with Gasteiger partial charge in [0.05, 0.1) is 22.4 Å². The Morgan fingerprint density at radius 2 is 1.73 bits per heavy atom. The van der Waals surface area contributed by atoms with Crippen LogP contribution in [0.15, 0.2) is 18.2 Å². The fraction of sp³-hybridized carbons (Fsp3) is 0.471. The van der Waals surface area contributed by atoms with Crippen LogP contribution in [0, 0.1) is 13.8 Å². The van der Waals surface area contributed by atoms with Crippen molar-refractivity contribution in [2.75, 3.05) is 11.9 Å². The fourth-order valence-electron chi connectivity index (χ4n) is 2.42. The third kappa shape index (κ3) is 3.35. The van der Waals surface area contributed by atoms with E-state index in [1.807, 2.05) is 59.7 Å². The van der Waals surface area contributed by atoms with Gasteiger partial charge in [0.2, 0.25) is 0 Å². The predicted octanol–water partition coefficient (Wildman–Crippen LogP) is 3.90. The number of carbonyl (C=O) groups is 1. The lowest BCUT2D eigenvalue weighted by molar-refractivity contribution is 0.162. The molecule has 0 atom stereocenters. The number of rotatable bonds is 2. The maximum absolute atomic E-state index is 12.4. The Balaban J connectivity index is 2.28. The molecule has 0 unspecified atom stereocenters. The average molecular weight is 300 g/mol. The zero-order valence-corrected chi connectivity index (χ0v) is 14.2. The van der Waals surface area contributed by atoms with Crippen LogP contribution in [0.3, 0.4) is 0 Å². The van der Waals surface area contributed by atoms with Gasteiger partial charge >= 0.3 is 6.03 Å². The maximum atomic E-state index is 12.4. The fourth-order valence-corrected chi connectivity index (χ4v) is 2.42. The molecule has 0 fully saturated rings. The molecule has 5 heteroatoms. The van der Waals surface area contributed by atoms with Gasteiger partial charge in [-0.15, -0.1) is 0 Å². The van der Waals surface area contributed by atoms with Crippen molar-refractivity contribution in [2.45, 2.75) is 47.1 Å². The summed E-state index contributed by atoms with van der Waals surface area (Å²) in [5.41, 5.74) is 3.97. The van der Waals surface area contributed by atoms with Crippen molar-refractivity contribution in [3.63, 3.8) is 0 Å². The highest BCUT2D eigenvalue weighted by Crippen LogP contribution is 2.20. The third-order valence-electron chi connectivity index (χ3n) is 3.70. The van der Waals surface area contributed by atoms with E-state index in [1.54, 1.807) is 4.90 Å². The second-order valence-electron chi connectivity index (χ2n) is 6.44. The first-order valence-corrected chi connectivity index (χ1v) is 7.56. The Hall–Kier alpha value is -2.17. The van der Waals surface area contributed by atoms with Gasteiger partial charge < -0.3 is 10.2 Å². The minimum Gasteiger partial charge on any atom is -0.320 e. The summed E-state index contributed by atoms with van der Waals surface area (Å²) in [4.78, 5) is 23.3. The van der Waals surface area contributed by atoms with E-state index in [9.17, 15) is 4.79 Å². The van der Waals surface area contributed by atoms with Crippen molar-refractivity contribution in [2.24, 2.45) is 0 Å². The number of hydrogen-bond acceptors (Lipinski definition) is 3. The molecule has 1 N–H and O–H groups in total. The number of fused-ring (bicyclic) bond motifs is 1. The van der Waals surface area contributed by atoms with Crippen LogP contribution in [0.4, 0.5) is 10.5 Å². The monoisotopic (exact) mass is 300 g/mol. The number of aryl methyl sites for hydroxylation is 2. The molecule has 0 aliphatic carbocycles. The van der Waals surface area contributed by atoms with Crippen molar-refractivity contribution in [3.05, 3.63) is 29.6 Å². The van der Waals surface area contributed by atoms with Crippen LogP contribution in [0.1, 0.15) is 39.1 Å². The van der Waals surface area contributed by atoms with Crippen molar-refractivity contribution < 1.29 is 4.79 Å². The lowest BCUT2D eigenvalue weighted by atomic mass is 10.1. The van der Waals surface area contributed by atoms with Gasteiger partial charge in [0, 0.05) is 17.8 Å². The summed E-state index contributed by atoms with van der Waals surface area (Å²) in [6.45, 7) is 12.6. The number of urea groups is 1. The summed E-state index contributed by atoms with van der Waals surface area (Å²) < 4.78 is 0. The molecule has 0 aliphatic heterocycles. The maximum Gasteiger partial charge on any atom is 0.322 e. The lowest BCUT2D eigenvalue weighted by Gasteiger charge is -2.34. The average Bonchev–Trinajstić information content (AvgIpc) is 2.39. The molecule has 2 amide bonds. The number of carbonyl (C=O) groups excluding carboxylic acids is 1. The van der Waals surface area contributed by atoms with Crippen LogP contribution < -0.4 is 5.32 Å². The highest BCUT2D eigenvalue weighted by atomic mass is 16.2. The van der Waals surface area contributed by atoms with Gasteiger partial charge in [-0.25, -0.2) is 14.8 Å². The second-order valence-corrected chi connectivity index (χ2v) is 6.44. The molecule has 0 aliphatic rings. The Bertz CT molecular complexity index is 704. The number of nitrogens with zero attached hydrogens (tertiary/aromatic N) is 3. The Labute approximate surface area is 131 Å². The van der Waals surface area contributed by atoms with Gasteiger partial charge in [0.1, 0.15) is 0 Å². The van der Waals surface area contributed by atoms with Crippen LogP contribution >= 0.6 is 0 Å². The van der Waals surface area contributed by atoms with Crippen LogP contribution in [0.25, 0.3) is 11.0 Å². The molecular formula is C17H24N4O. The SMILES string of the molecule is CCN(C(=O)Nc1ccc2nc(C)c(C)nc2c1)C(C)(C)C. The van der Waals surface area contributed by atoms with E-state index in [4.69, 9.17) is 0 Å². The van der Waals surface area contributed by atoms with Crippen molar-refractivity contribution in [3.8, 4) is 0 Å². The van der Waals surface area contributed by atoms with E-state index >= 15 is 0 Å². The van der Waals surface area contributed by atoms with E-state index in [1.165, 1.54) is 0 Å². The van der Waals surface area contributed by atoms with Crippen molar-refractivity contribution in [1.29, 1.82) is 0 Å². The summed E-state index contributed by atoms with van der Waals surface area (Å²) in [5.74, 6) is 0. The minimum absolute atomic E-state index is 0.105. The number of aromatic nitrogens is 2. The number of benzene rings is 1. The molecule has 1 heterocycles.